The van der Waals surface area contributed by atoms with Gasteiger partial charge in [0.15, 0.2) is 0 Å². The van der Waals surface area contributed by atoms with Gasteiger partial charge in [0.1, 0.15) is 0 Å². The lowest BCUT2D eigenvalue weighted by atomic mass is 10.1. The number of aromatic nitrogens is 1. The van der Waals surface area contributed by atoms with Crippen LogP contribution in [0.25, 0.3) is 10.2 Å². The van der Waals surface area contributed by atoms with Gasteiger partial charge in [-0.15, -0.1) is 11.3 Å². The first-order valence-electron chi connectivity index (χ1n) is 6.52. The zero-order chi connectivity index (χ0) is 13.4. The van der Waals surface area contributed by atoms with E-state index < -0.39 is 0 Å². The fourth-order valence-corrected chi connectivity index (χ4v) is 3.38. The molecule has 5 heteroatoms. The lowest BCUT2D eigenvalue weighted by molar-refractivity contribution is 0.0674. The van der Waals surface area contributed by atoms with E-state index in [4.69, 9.17) is 0 Å². The lowest BCUT2D eigenvalue weighted by Crippen LogP contribution is -2.55. The number of hydrogen-bond donors (Lipinski definition) is 1. The SMILES string of the molecule is C[C@@H]1CN(C(=O)c2ccc3ncsc3c2)C[C@@H](C)N1. The minimum absolute atomic E-state index is 0.121. The molecule has 1 aliphatic heterocycles. The van der Waals surface area contributed by atoms with E-state index in [1.165, 1.54) is 0 Å². The van der Waals surface area contributed by atoms with Crippen molar-refractivity contribution in [1.82, 2.24) is 15.2 Å². The van der Waals surface area contributed by atoms with Crippen molar-refractivity contribution in [1.29, 1.82) is 0 Å². The van der Waals surface area contributed by atoms with Gasteiger partial charge in [0.05, 0.1) is 15.7 Å². The Morgan fingerprint density at radius 2 is 2.11 bits per heavy atom. The molecular formula is C14H17N3OS. The fourth-order valence-electron chi connectivity index (χ4n) is 2.66. The van der Waals surface area contributed by atoms with Crippen LogP contribution in [-0.2, 0) is 0 Å². The van der Waals surface area contributed by atoms with Gasteiger partial charge in [-0.05, 0) is 32.0 Å². The molecular weight excluding hydrogens is 258 g/mol. The van der Waals surface area contributed by atoms with Crippen LogP contribution in [0.1, 0.15) is 24.2 Å². The molecule has 0 bridgehead atoms. The molecule has 0 aliphatic carbocycles. The number of rotatable bonds is 1. The number of hydrogen-bond acceptors (Lipinski definition) is 4. The summed E-state index contributed by atoms with van der Waals surface area (Å²) in [5, 5.41) is 3.44. The summed E-state index contributed by atoms with van der Waals surface area (Å²) < 4.78 is 1.07. The molecule has 4 nitrogen and oxygen atoms in total. The average Bonchev–Trinajstić information content (AvgIpc) is 2.83. The van der Waals surface area contributed by atoms with Crippen molar-refractivity contribution in [2.75, 3.05) is 13.1 Å². The summed E-state index contributed by atoms with van der Waals surface area (Å²) in [6.45, 7) is 5.76. The number of piperazine rings is 1. The number of nitrogens with zero attached hydrogens (tertiary/aromatic N) is 2. The number of thiazole rings is 1. The molecule has 1 saturated heterocycles. The minimum Gasteiger partial charge on any atom is -0.336 e. The van der Waals surface area contributed by atoms with Gasteiger partial charge in [-0.3, -0.25) is 4.79 Å². The molecule has 0 spiro atoms. The summed E-state index contributed by atoms with van der Waals surface area (Å²) in [5.74, 6) is 0.121. The van der Waals surface area contributed by atoms with Gasteiger partial charge in [-0.25, -0.2) is 4.98 Å². The van der Waals surface area contributed by atoms with E-state index in [0.29, 0.717) is 12.1 Å². The van der Waals surface area contributed by atoms with E-state index in [2.05, 4.69) is 24.1 Å². The van der Waals surface area contributed by atoms with Gasteiger partial charge in [0, 0.05) is 30.7 Å². The molecule has 1 aliphatic rings. The van der Waals surface area contributed by atoms with Crippen LogP contribution in [0, 0.1) is 0 Å². The van der Waals surface area contributed by atoms with Crippen molar-refractivity contribution < 1.29 is 4.79 Å². The molecule has 2 aromatic rings. The van der Waals surface area contributed by atoms with Crippen LogP contribution in [0.3, 0.4) is 0 Å². The maximum absolute atomic E-state index is 12.5. The minimum atomic E-state index is 0.121. The highest BCUT2D eigenvalue weighted by molar-refractivity contribution is 7.16. The molecule has 1 N–H and O–H groups in total. The molecule has 1 amide bonds. The van der Waals surface area contributed by atoms with Crippen LogP contribution >= 0.6 is 11.3 Å². The molecule has 1 fully saturated rings. The summed E-state index contributed by atoms with van der Waals surface area (Å²) in [6.07, 6.45) is 0. The molecule has 100 valence electrons. The monoisotopic (exact) mass is 275 g/mol. The van der Waals surface area contributed by atoms with E-state index in [1.54, 1.807) is 11.3 Å². The highest BCUT2D eigenvalue weighted by Gasteiger charge is 2.25. The molecule has 2 heterocycles. The molecule has 0 unspecified atom stereocenters. The second kappa shape index (κ2) is 4.90. The quantitative estimate of drug-likeness (QED) is 0.867. The van der Waals surface area contributed by atoms with Crippen molar-refractivity contribution in [2.24, 2.45) is 0 Å². The molecule has 2 atom stereocenters. The highest BCUT2D eigenvalue weighted by atomic mass is 32.1. The van der Waals surface area contributed by atoms with E-state index in [9.17, 15) is 4.79 Å². The molecule has 3 rings (SSSR count). The third kappa shape index (κ3) is 2.48. The van der Waals surface area contributed by atoms with Gasteiger partial charge in [-0.2, -0.15) is 0 Å². The van der Waals surface area contributed by atoms with E-state index in [0.717, 1.165) is 28.9 Å². The summed E-state index contributed by atoms with van der Waals surface area (Å²) in [5.41, 5.74) is 3.54. The van der Waals surface area contributed by atoms with Gasteiger partial charge in [0.25, 0.3) is 5.91 Å². The van der Waals surface area contributed by atoms with Gasteiger partial charge < -0.3 is 10.2 Å². The Kier molecular flexibility index (Phi) is 3.24. The Morgan fingerprint density at radius 1 is 1.37 bits per heavy atom. The topological polar surface area (TPSA) is 45.2 Å². The third-order valence-corrected chi connectivity index (χ3v) is 4.21. The summed E-state index contributed by atoms with van der Waals surface area (Å²) in [7, 11) is 0. The predicted octanol–water partition coefficient (Wildman–Crippen LogP) is 2.12. The number of fused-ring (bicyclic) bond motifs is 1. The van der Waals surface area contributed by atoms with Crippen molar-refractivity contribution in [3.63, 3.8) is 0 Å². The standard InChI is InChI=1S/C14H17N3OS/c1-9-6-17(7-10(2)16-9)14(18)11-3-4-12-13(5-11)19-8-15-12/h3-5,8-10,16H,6-7H2,1-2H3/t9-,10-/m1/s1. The van der Waals surface area contributed by atoms with Gasteiger partial charge in [0.2, 0.25) is 0 Å². The zero-order valence-corrected chi connectivity index (χ0v) is 11.9. The number of carbonyl (C=O) groups excluding carboxylic acids is 1. The van der Waals surface area contributed by atoms with Crippen LogP contribution in [0.4, 0.5) is 0 Å². The van der Waals surface area contributed by atoms with Gasteiger partial charge >= 0.3 is 0 Å². The molecule has 1 aromatic heterocycles. The number of nitrogens with one attached hydrogen (secondary N) is 1. The van der Waals surface area contributed by atoms with E-state index >= 15 is 0 Å². The Balaban J connectivity index is 1.86. The normalized spacial score (nSPS) is 23.8. The van der Waals surface area contributed by atoms with Crippen molar-refractivity contribution in [3.05, 3.63) is 29.3 Å². The second-order valence-electron chi connectivity index (χ2n) is 5.21. The molecule has 19 heavy (non-hydrogen) atoms. The lowest BCUT2D eigenvalue weighted by Gasteiger charge is -2.36. The van der Waals surface area contributed by atoms with E-state index in [1.807, 2.05) is 28.6 Å². The Morgan fingerprint density at radius 3 is 2.84 bits per heavy atom. The molecule has 0 saturated carbocycles. The van der Waals surface area contributed by atoms with Crippen LogP contribution in [0.15, 0.2) is 23.7 Å². The Bertz CT molecular complexity index is 600. The van der Waals surface area contributed by atoms with Crippen molar-refractivity contribution in [3.8, 4) is 0 Å². The maximum atomic E-state index is 12.5. The van der Waals surface area contributed by atoms with Gasteiger partial charge in [-0.1, -0.05) is 0 Å². The number of carbonyl (C=O) groups is 1. The van der Waals surface area contributed by atoms with E-state index in [-0.39, 0.29) is 5.91 Å². The summed E-state index contributed by atoms with van der Waals surface area (Å²) in [6, 6.07) is 6.45. The summed E-state index contributed by atoms with van der Waals surface area (Å²) >= 11 is 1.57. The summed E-state index contributed by atoms with van der Waals surface area (Å²) in [4.78, 5) is 18.7. The number of amides is 1. The first kappa shape index (κ1) is 12.6. The fraction of sp³-hybridized carbons (Fsp3) is 0.429. The van der Waals surface area contributed by atoms with Crippen LogP contribution in [-0.4, -0.2) is 41.0 Å². The highest BCUT2D eigenvalue weighted by Crippen LogP contribution is 2.20. The smallest absolute Gasteiger partial charge is 0.254 e. The number of benzene rings is 1. The van der Waals surface area contributed by atoms with Crippen molar-refractivity contribution >= 4 is 27.5 Å². The zero-order valence-electron chi connectivity index (χ0n) is 11.1. The molecule has 1 aromatic carbocycles. The van der Waals surface area contributed by atoms with Crippen LogP contribution < -0.4 is 5.32 Å². The van der Waals surface area contributed by atoms with Crippen LogP contribution in [0.5, 0.6) is 0 Å². The maximum Gasteiger partial charge on any atom is 0.254 e. The Labute approximate surface area is 116 Å². The first-order valence-corrected chi connectivity index (χ1v) is 7.40. The Hall–Kier alpha value is -1.46. The first-order chi connectivity index (χ1) is 9.13. The second-order valence-corrected chi connectivity index (χ2v) is 6.10. The van der Waals surface area contributed by atoms with Crippen molar-refractivity contribution in [2.45, 2.75) is 25.9 Å². The third-order valence-electron chi connectivity index (χ3n) is 3.42. The average molecular weight is 275 g/mol. The predicted molar refractivity (Wildman–Crippen MR) is 77.6 cm³/mol. The molecule has 0 radical (unpaired) electrons. The van der Waals surface area contributed by atoms with Crippen LogP contribution in [0.2, 0.25) is 0 Å². The largest absolute Gasteiger partial charge is 0.336 e.